The number of carboxylic acids is 2. The average Bonchev–Trinajstić information content (AvgIpc) is 2.94. The molecule has 0 radical (unpaired) electrons. The molecule has 3 amide bonds. The van der Waals surface area contributed by atoms with E-state index in [1.807, 2.05) is 6.07 Å². The Hall–Kier alpha value is -5.18. The third-order valence-electron chi connectivity index (χ3n) is 6.22. The van der Waals surface area contributed by atoms with Crippen LogP contribution in [0.15, 0.2) is 59.6 Å². The maximum absolute atomic E-state index is 13.5. The number of aliphatic imine (C=N–C) groups is 1. The number of carbonyl (C=O) groups excluding carboxylic acids is 3. The lowest BCUT2D eigenvalue weighted by Crippen LogP contribution is -2.58. The highest BCUT2D eigenvalue weighted by molar-refractivity contribution is 5.94. The number of benzene rings is 2. The van der Waals surface area contributed by atoms with Crippen LogP contribution in [-0.2, 0) is 36.8 Å². The van der Waals surface area contributed by atoms with E-state index in [1.54, 1.807) is 36.4 Å². The van der Waals surface area contributed by atoms with E-state index in [4.69, 9.17) is 22.3 Å². The molecule has 15 nitrogen and oxygen atoms in total. The Labute approximate surface area is 247 Å². The molecule has 43 heavy (non-hydrogen) atoms. The lowest BCUT2D eigenvalue weighted by Gasteiger charge is -2.25. The maximum atomic E-state index is 13.5. The molecule has 2 aromatic rings. The Balaban J connectivity index is 2.27. The number of amides is 3. The number of carbonyl (C=O) groups is 5. The summed E-state index contributed by atoms with van der Waals surface area (Å²) in [5.74, 6) is -5.62. The van der Waals surface area contributed by atoms with Crippen molar-refractivity contribution in [2.45, 2.75) is 56.3 Å². The normalized spacial score (nSPS) is 13.4. The fourth-order valence-electron chi connectivity index (χ4n) is 4.01. The van der Waals surface area contributed by atoms with Crippen LogP contribution in [0.2, 0.25) is 0 Å². The zero-order valence-corrected chi connectivity index (χ0v) is 23.3. The Bertz CT molecular complexity index is 1280. The highest BCUT2D eigenvalue weighted by Gasteiger charge is 2.31. The summed E-state index contributed by atoms with van der Waals surface area (Å²) in [6.45, 7) is 0.0848. The standard InChI is InChI=1S/C28H37N7O8/c29-19(13-16-5-2-1-3-6-16)24(39)34-21(14-17-8-10-18(36)11-9-17)26(41)33-20(7-4-12-32-28(30)31)25(40)35-22(27(42)43)15-23(37)38/h1-3,5-6,8-11,19-22,36H,4,7,12-15,29H2,(H,33,41)(H,34,39)(H,35,40)(H,37,38)(H,42,43)(H4,30,31,32). The molecule has 0 spiro atoms. The fraction of sp³-hybridized carbons (Fsp3) is 0.357. The van der Waals surface area contributed by atoms with Gasteiger partial charge in [-0.25, -0.2) is 4.79 Å². The third-order valence-corrected chi connectivity index (χ3v) is 6.22. The van der Waals surface area contributed by atoms with Gasteiger partial charge in [-0.05, 0) is 42.5 Å². The number of guanidine groups is 1. The summed E-state index contributed by atoms with van der Waals surface area (Å²) in [7, 11) is 0. The van der Waals surface area contributed by atoms with Crippen LogP contribution in [-0.4, -0.2) is 81.7 Å². The number of hydrogen-bond acceptors (Lipinski definition) is 8. The molecule has 15 heteroatoms. The van der Waals surface area contributed by atoms with E-state index in [0.29, 0.717) is 5.56 Å². The highest BCUT2D eigenvalue weighted by Crippen LogP contribution is 2.12. The van der Waals surface area contributed by atoms with Gasteiger partial charge in [0.25, 0.3) is 0 Å². The van der Waals surface area contributed by atoms with E-state index in [2.05, 4.69) is 20.9 Å². The van der Waals surface area contributed by atoms with E-state index < -0.39 is 60.2 Å². The second kappa shape index (κ2) is 16.9. The maximum Gasteiger partial charge on any atom is 0.326 e. The van der Waals surface area contributed by atoms with Gasteiger partial charge >= 0.3 is 11.9 Å². The summed E-state index contributed by atoms with van der Waals surface area (Å²) in [6.07, 6.45) is -0.620. The van der Waals surface area contributed by atoms with Gasteiger partial charge in [0.05, 0.1) is 12.5 Å². The number of aromatic hydroxyl groups is 1. The van der Waals surface area contributed by atoms with Crippen LogP contribution in [0.3, 0.4) is 0 Å². The van der Waals surface area contributed by atoms with Gasteiger partial charge in [-0.3, -0.25) is 24.2 Å². The molecule has 4 unspecified atom stereocenters. The Kier molecular flexibility index (Phi) is 13.4. The van der Waals surface area contributed by atoms with E-state index in [1.165, 1.54) is 12.1 Å². The number of nitrogens with one attached hydrogen (secondary N) is 3. The molecule has 0 bridgehead atoms. The molecular formula is C28H37N7O8. The Morgan fingerprint density at radius 1 is 0.744 bits per heavy atom. The minimum absolute atomic E-state index is 0.00877. The van der Waals surface area contributed by atoms with Gasteiger partial charge in [0.1, 0.15) is 23.9 Å². The van der Waals surface area contributed by atoms with E-state index >= 15 is 0 Å². The number of rotatable bonds is 17. The molecular weight excluding hydrogens is 562 g/mol. The molecule has 0 heterocycles. The number of phenols is 1. The van der Waals surface area contributed by atoms with Crippen molar-refractivity contribution in [3.63, 3.8) is 0 Å². The number of nitrogens with two attached hydrogens (primary N) is 3. The molecule has 0 saturated heterocycles. The summed E-state index contributed by atoms with van der Waals surface area (Å²) < 4.78 is 0. The second-order valence-corrected chi connectivity index (χ2v) is 9.74. The average molecular weight is 600 g/mol. The predicted octanol–water partition coefficient (Wildman–Crippen LogP) is -1.43. The van der Waals surface area contributed by atoms with Crippen molar-refractivity contribution in [2.24, 2.45) is 22.2 Å². The quantitative estimate of drug-likeness (QED) is 0.0577. The van der Waals surface area contributed by atoms with Gasteiger partial charge in [-0.2, -0.15) is 0 Å². The molecule has 0 aromatic heterocycles. The molecule has 0 aliphatic rings. The third kappa shape index (κ3) is 12.5. The van der Waals surface area contributed by atoms with E-state index in [9.17, 15) is 34.2 Å². The lowest BCUT2D eigenvalue weighted by molar-refractivity contribution is -0.147. The minimum Gasteiger partial charge on any atom is -0.508 e. The van der Waals surface area contributed by atoms with Gasteiger partial charge in [0.2, 0.25) is 17.7 Å². The van der Waals surface area contributed by atoms with E-state index in [0.717, 1.165) is 5.56 Å². The monoisotopic (exact) mass is 599 g/mol. The summed E-state index contributed by atoms with van der Waals surface area (Å²) in [6, 6.07) is 9.58. The topological polar surface area (TPSA) is 273 Å². The van der Waals surface area contributed by atoms with E-state index in [-0.39, 0.29) is 43.9 Å². The first-order chi connectivity index (χ1) is 20.3. The van der Waals surface area contributed by atoms with Crippen LogP contribution >= 0.6 is 0 Å². The molecule has 0 saturated carbocycles. The first kappa shape index (κ1) is 34.0. The molecule has 12 N–H and O–H groups in total. The highest BCUT2D eigenvalue weighted by atomic mass is 16.4. The summed E-state index contributed by atoms with van der Waals surface area (Å²) in [5, 5.41) is 35.3. The molecule has 0 aliphatic heterocycles. The molecule has 2 rings (SSSR count). The molecule has 0 fully saturated rings. The molecule has 2 aromatic carbocycles. The van der Waals surface area contributed by atoms with Crippen LogP contribution in [0.4, 0.5) is 0 Å². The largest absolute Gasteiger partial charge is 0.508 e. The van der Waals surface area contributed by atoms with Crippen molar-refractivity contribution in [1.82, 2.24) is 16.0 Å². The van der Waals surface area contributed by atoms with Crippen molar-refractivity contribution in [3.8, 4) is 5.75 Å². The van der Waals surface area contributed by atoms with Gasteiger partial charge in [-0.1, -0.05) is 42.5 Å². The number of aliphatic carboxylic acids is 2. The van der Waals surface area contributed by atoms with Crippen molar-refractivity contribution in [1.29, 1.82) is 0 Å². The van der Waals surface area contributed by atoms with Crippen molar-refractivity contribution in [2.75, 3.05) is 6.54 Å². The minimum atomic E-state index is -1.76. The number of phenolic OH excluding ortho intramolecular Hbond substituents is 1. The van der Waals surface area contributed by atoms with Gasteiger partial charge in [0, 0.05) is 13.0 Å². The van der Waals surface area contributed by atoms with Crippen LogP contribution < -0.4 is 33.2 Å². The smallest absolute Gasteiger partial charge is 0.326 e. The Morgan fingerprint density at radius 2 is 1.30 bits per heavy atom. The fourth-order valence-corrected chi connectivity index (χ4v) is 4.01. The zero-order valence-electron chi connectivity index (χ0n) is 23.3. The van der Waals surface area contributed by atoms with Crippen molar-refractivity contribution in [3.05, 3.63) is 65.7 Å². The van der Waals surface area contributed by atoms with Crippen molar-refractivity contribution < 1.29 is 39.3 Å². The van der Waals surface area contributed by atoms with Gasteiger partial charge < -0.3 is 48.5 Å². The zero-order chi connectivity index (χ0) is 31.9. The molecule has 0 aliphatic carbocycles. The Morgan fingerprint density at radius 3 is 1.88 bits per heavy atom. The predicted molar refractivity (Wildman–Crippen MR) is 156 cm³/mol. The number of carboxylic acid groups (broad SMARTS) is 2. The number of nitrogens with zero attached hydrogens (tertiary/aromatic N) is 1. The summed E-state index contributed by atoms with van der Waals surface area (Å²) in [5.41, 5.74) is 18.1. The van der Waals surface area contributed by atoms with Crippen LogP contribution in [0, 0.1) is 0 Å². The second-order valence-electron chi connectivity index (χ2n) is 9.74. The number of hydrogen-bond donors (Lipinski definition) is 9. The summed E-state index contributed by atoms with van der Waals surface area (Å²) >= 11 is 0. The first-order valence-corrected chi connectivity index (χ1v) is 13.3. The molecule has 4 atom stereocenters. The lowest BCUT2D eigenvalue weighted by atomic mass is 10.0. The summed E-state index contributed by atoms with van der Waals surface area (Å²) in [4.78, 5) is 66.0. The van der Waals surface area contributed by atoms with Crippen LogP contribution in [0.25, 0.3) is 0 Å². The van der Waals surface area contributed by atoms with Gasteiger partial charge in [0.15, 0.2) is 5.96 Å². The SMILES string of the molecule is NC(N)=NCCCC(NC(=O)C(Cc1ccc(O)cc1)NC(=O)C(N)Cc1ccccc1)C(=O)NC(CC(=O)O)C(=O)O. The first-order valence-electron chi connectivity index (χ1n) is 13.3. The van der Waals surface area contributed by atoms with Crippen molar-refractivity contribution >= 4 is 35.6 Å². The van der Waals surface area contributed by atoms with Crippen LogP contribution in [0.5, 0.6) is 5.75 Å². The van der Waals surface area contributed by atoms with Crippen LogP contribution in [0.1, 0.15) is 30.4 Å². The van der Waals surface area contributed by atoms with Gasteiger partial charge in [-0.15, -0.1) is 0 Å². The molecule has 232 valence electrons.